The second-order valence-corrected chi connectivity index (χ2v) is 8.25. The monoisotopic (exact) mass is 426 g/mol. The second-order valence-electron chi connectivity index (χ2n) is 5.50. The van der Waals surface area contributed by atoms with Crippen molar-refractivity contribution in [1.29, 1.82) is 0 Å². The van der Waals surface area contributed by atoms with E-state index in [1.165, 1.54) is 30.3 Å². The third-order valence-electron chi connectivity index (χ3n) is 3.63. The van der Waals surface area contributed by atoms with Crippen LogP contribution < -0.4 is 4.74 Å². The largest absolute Gasteiger partial charge is 0.472 e. The Kier molecular flexibility index (Phi) is 5.08. The molecule has 1 fully saturated rings. The fourth-order valence-corrected chi connectivity index (χ4v) is 4.54. The van der Waals surface area contributed by atoms with Gasteiger partial charge in [-0.15, -0.1) is 0 Å². The zero-order valence-electron chi connectivity index (χ0n) is 12.9. The smallest absolute Gasteiger partial charge is 0.433 e. The van der Waals surface area contributed by atoms with Crippen molar-refractivity contribution in [3.05, 3.63) is 52.1 Å². The Bertz CT molecular complexity index is 932. The molecule has 0 bridgehead atoms. The van der Waals surface area contributed by atoms with E-state index in [2.05, 4.69) is 4.98 Å². The number of ether oxygens (including phenoxy) is 1. The van der Waals surface area contributed by atoms with Gasteiger partial charge in [-0.1, -0.05) is 29.3 Å². The van der Waals surface area contributed by atoms with Gasteiger partial charge in [-0.3, -0.25) is 0 Å². The number of nitrogens with zero attached hydrogens (tertiary/aromatic N) is 2. The summed E-state index contributed by atoms with van der Waals surface area (Å²) in [6.07, 6.45) is -5.20. The van der Waals surface area contributed by atoms with Gasteiger partial charge in [0.1, 0.15) is 16.7 Å². The van der Waals surface area contributed by atoms with Crippen molar-refractivity contribution in [3.8, 4) is 5.88 Å². The summed E-state index contributed by atoms with van der Waals surface area (Å²) in [5, 5.41) is 0.243. The van der Waals surface area contributed by atoms with E-state index in [9.17, 15) is 21.6 Å². The maximum atomic E-state index is 12.6. The first-order valence-corrected chi connectivity index (χ1v) is 9.43. The van der Waals surface area contributed by atoms with Gasteiger partial charge < -0.3 is 4.74 Å². The molecule has 5 nitrogen and oxygen atoms in total. The molecule has 0 atom stereocenters. The lowest BCUT2D eigenvalue weighted by molar-refractivity contribution is -0.141. The number of halogens is 5. The minimum Gasteiger partial charge on any atom is -0.472 e. The molecule has 1 aromatic heterocycles. The third kappa shape index (κ3) is 3.90. The quantitative estimate of drug-likeness (QED) is 0.744. The fourth-order valence-electron chi connectivity index (χ4n) is 2.29. The lowest BCUT2D eigenvalue weighted by atomic mass is 10.2. The van der Waals surface area contributed by atoms with E-state index in [1.807, 2.05) is 0 Å². The predicted molar refractivity (Wildman–Crippen MR) is 88.9 cm³/mol. The normalized spacial score (nSPS) is 16.3. The molecule has 0 saturated carbocycles. The van der Waals surface area contributed by atoms with E-state index in [0.717, 1.165) is 10.4 Å². The average molecular weight is 427 g/mol. The Morgan fingerprint density at radius 2 is 1.85 bits per heavy atom. The number of hydrogen-bond donors (Lipinski definition) is 0. The molecule has 11 heteroatoms. The van der Waals surface area contributed by atoms with Crippen molar-refractivity contribution in [2.24, 2.45) is 0 Å². The van der Waals surface area contributed by atoms with Crippen molar-refractivity contribution < 1.29 is 26.3 Å². The molecule has 0 spiro atoms. The summed E-state index contributed by atoms with van der Waals surface area (Å²) in [5.74, 6) is -0.220. The van der Waals surface area contributed by atoms with Crippen LogP contribution in [0.15, 0.2) is 41.3 Å². The first kappa shape index (κ1) is 19.2. The van der Waals surface area contributed by atoms with Crippen LogP contribution in [0.1, 0.15) is 5.69 Å². The number of aromatic nitrogens is 1. The molecular weight excluding hydrogens is 416 g/mol. The predicted octanol–water partition coefficient (Wildman–Crippen LogP) is 3.86. The van der Waals surface area contributed by atoms with Gasteiger partial charge >= 0.3 is 6.18 Å². The van der Waals surface area contributed by atoms with E-state index >= 15 is 0 Å². The summed E-state index contributed by atoms with van der Waals surface area (Å²) in [4.78, 5) is 3.25. The summed E-state index contributed by atoms with van der Waals surface area (Å²) >= 11 is 11.7. The summed E-state index contributed by atoms with van der Waals surface area (Å²) in [6, 6.07) is 7.35. The molecule has 2 aromatic rings. The fraction of sp³-hybridized carbons (Fsp3) is 0.267. The number of pyridine rings is 1. The Balaban J connectivity index is 1.68. The lowest BCUT2D eigenvalue weighted by Crippen LogP contribution is -2.56. The molecule has 1 aliphatic rings. The number of sulfonamides is 1. The van der Waals surface area contributed by atoms with Crippen LogP contribution in [0.2, 0.25) is 10.0 Å². The van der Waals surface area contributed by atoms with Crippen molar-refractivity contribution in [1.82, 2.24) is 9.29 Å². The number of rotatable bonds is 4. The van der Waals surface area contributed by atoms with Crippen molar-refractivity contribution in [3.63, 3.8) is 0 Å². The first-order chi connectivity index (χ1) is 12.1. The number of hydrogen-bond acceptors (Lipinski definition) is 4. The zero-order valence-corrected chi connectivity index (χ0v) is 15.2. The molecule has 26 heavy (non-hydrogen) atoms. The van der Waals surface area contributed by atoms with Crippen molar-refractivity contribution in [2.75, 3.05) is 13.1 Å². The molecule has 0 N–H and O–H groups in total. The molecule has 0 unspecified atom stereocenters. The van der Waals surface area contributed by atoms with Crippen LogP contribution in [0.4, 0.5) is 13.2 Å². The summed E-state index contributed by atoms with van der Waals surface area (Å²) in [5.41, 5.74) is -1.08. The SMILES string of the molecule is O=S(=O)(c1cc(Cl)ccc1Cl)N1CC(Oc2cccc(C(F)(F)F)n2)C1. The van der Waals surface area contributed by atoms with Crippen LogP contribution in [-0.2, 0) is 16.2 Å². The first-order valence-electron chi connectivity index (χ1n) is 7.23. The molecular formula is C15H11Cl2F3N2O3S. The zero-order chi connectivity index (χ0) is 19.1. The van der Waals surface area contributed by atoms with E-state index in [-0.39, 0.29) is 33.9 Å². The molecule has 0 radical (unpaired) electrons. The van der Waals surface area contributed by atoms with Crippen LogP contribution in [0.25, 0.3) is 0 Å². The second kappa shape index (κ2) is 6.88. The molecule has 140 valence electrons. The maximum absolute atomic E-state index is 12.6. The van der Waals surface area contributed by atoms with Crippen LogP contribution in [0.5, 0.6) is 5.88 Å². The highest BCUT2D eigenvalue weighted by molar-refractivity contribution is 7.89. The highest BCUT2D eigenvalue weighted by Crippen LogP contribution is 2.32. The van der Waals surface area contributed by atoms with Gasteiger partial charge in [0.25, 0.3) is 0 Å². The topological polar surface area (TPSA) is 59.5 Å². The van der Waals surface area contributed by atoms with Gasteiger partial charge in [0.05, 0.1) is 18.1 Å². The standard InChI is InChI=1S/C15H11Cl2F3N2O3S/c16-9-4-5-11(17)12(6-9)26(23,24)22-7-10(8-22)25-14-3-1-2-13(21-14)15(18,19)20/h1-6,10H,7-8H2. The summed E-state index contributed by atoms with van der Waals surface area (Å²) in [7, 11) is -3.88. The van der Waals surface area contributed by atoms with Crippen LogP contribution in [0, 0.1) is 0 Å². The van der Waals surface area contributed by atoms with E-state index in [4.69, 9.17) is 27.9 Å². The van der Waals surface area contributed by atoms with E-state index in [1.54, 1.807) is 0 Å². The molecule has 1 saturated heterocycles. The summed E-state index contributed by atoms with van der Waals surface area (Å²) in [6.45, 7) is -0.0772. The number of alkyl halides is 3. The highest BCUT2D eigenvalue weighted by atomic mass is 35.5. The van der Waals surface area contributed by atoms with Gasteiger partial charge in [-0.25, -0.2) is 13.4 Å². The average Bonchev–Trinajstić information content (AvgIpc) is 2.52. The Morgan fingerprint density at radius 1 is 1.15 bits per heavy atom. The minimum atomic E-state index is -4.59. The molecule has 3 rings (SSSR count). The van der Waals surface area contributed by atoms with Crippen LogP contribution >= 0.6 is 23.2 Å². The molecule has 2 heterocycles. The Labute approximate surface area is 157 Å². The Hall–Kier alpha value is -1.55. The van der Waals surface area contributed by atoms with Gasteiger partial charge in [0.15, 0.2) is 0 Å². The van der Waals surface area contributed by atoms with Gasteiger partial charge in [0.2, 0.25) is 15.9 Å². The van der Waals surface area contributed by atoms with Gasteiger partial charge in [-0.2, -0.15) is 17.5 Å². The third-order valence-corrected chi connectivity index (χ3v) is 6.18. The maximum Gasteiger partial charge on any atom is 0.433 e. The molecule has 0 aliphatic carbocycles. The van der Waals surface area contributed by atoms with Crippen LogP contribution in [-0.4, -0.2) is 36.9 Å². The summed E-state index contributed by atoms with van der Waals surface area (Å²) < 4.78 is 69.4. The van der Waals surface area contributed by atoms with Crippen molar-refractivity contribution >= 4 is 33.2 Å². The lowest BCUT2D eigenvalue weighted by Gasteiger charge is -2.37. The molecule has 0 amide bonds. The van der Waals surface area contributed by atoms with Crippen molar-refractivity contribution in [2.45, 2.75) is 17.2 Å². The van der Waals surface area contributed by atoms with Crippen LogP contribution in [0.3, 0.4) is 0 Å². The Morgan fingerprint density at radius 3 is 2.50 bits per heavy atom. The van der Waals surface area contributed by atoms with E-state index < -0.39 is 28.0 Å². The molecule has 1 aliphatic heterocycles. The highest BCUT2D eigenvalue weighted by Gasteiger charge is 2.40. The van der Waals surface area contributed by atoms with E-state index in [0.29, 0.717) is 0 Å². The molecule has 1 aromatic carbocycles. The minimum absolute atomic E-state index is 0.0262. The number of benzene rings is 1. The van der Waals surface area contributed by atoms with Gasteiger partial charge in [0, 0.05) is 11.1 Å². The van der Waals surface area contributed by atoms with Gasteiger partial charge in [-0.05, 0) is 24.3 Å².